The maximum atomic E-state index is 12.5. The zero-order valence-corrected chi connectivity index (χ0v) is 13.2. The first kappa shape index (κ1) is 15.1. The number of nitrogens with zero attached hydrogens (tertiary/aromatic N) is 3. The minimum Gasteiger partial charge on any atom is -0.379 e. The van der Waals surface area contributed by atoms with E-state index in [4.69, 9.17) is 4.74 Å². The predicted molar refractivity (Wildman–Crippen MR) is 84.6 cm³/mol. The lowest BCUT2D eigenvalue weighted by Gasteiger charge is -2.23. The van der Waals surface area contributed by atoms with Crippen LogP contribution in [0.25, 0.3) is 0 Å². The Morgan fingerprint density at radius 1 is 1.45 bits per heavy atom. The molecule has 1 amide bonds. The summed E-state index contributed by atoms with van der Waals surface area (Å²) >= 11 is 1.63. The third kappa shape index (κ3) is 4.11. The van der Waals surface area contributed by atoms with Crippen LogP contribution in [0, 0.1) is 5.92 Å². The highest BCUT2D eigenvalue weighted by Gasteiger charge is 2.23. The Labute approximate surface area is 134 Å². The minimum atomic E-state index is 0.177. The Morgan fingerprint density at radius 3 is 3.18 bits per heavy atom. The molecule has 0 radical (unpaired) electrons. The molecular formula is C16H19N3O2S. The molecule has 0 aromatic carbocycles. The SMILES string of the molecule is O=C(Cc1ccsc1)N1CCOC[C@@H](Cc2ccncn2)C1. The van der Waals surface area contributed by atoms with Crippen LogP contribution in [0.15, 0.2) is 35.4 Å². The highest BCUT2D eigenvalue weighted by atomic mass is 32.1. The van der Waals surface area contributed by atoms with Crippen LogP contribution in [0.4, 0.5) is 0 Å². The summed E-state index contributed by atoms with van der Waals surface area (Å²) in [5.41, 5.74) is 2.09. The van der Waals surface area contributed by atoms with Crippen LogP contribution in [0.2, 0.25) is 0 Å². The van der Waals surface area contributed by atoms with Crippen molar-refractivity contribution in [1.82, 2.24) is 14.9 Å². The molecule has 0 aliphatic carbocycles. The molecule has 2 aromatic heterocycles. The van der Waals surface area contributed by atoms with Gasteiger partial charge in [-0.1, -0.05) is 0 Å². The van der Waals surface area contributed by atoms with Crippen LogP contribution >= 0.6 is 11.3 Å². The molecular weight excluding hydrogens is 298 g/mol. The van der Waals surface area contributed by atoms with Crippen molar-refractivity contribution in [2.75, 3.05) is 26.3 Å². The molecule has 6 heteroatoms. The molecule has 0 N–H and O–H groups in total. The summed E-state index contributed by atoms with van der Waals surface area (Å²) in [7, 11) is 0. The van der Waals surface area contributed by atoms with Gasteiger partial charge >= 0.3 is 0 Å². The maximum Gasteiger partial charge on any atom is 0.227 e. The number of carbonyl (C=O) groups is 1. The molecule has 1 saturated heterocycles. The van der Waals surface area contributed by atoms with E-state index in [1.807, 2.05) is 27.8 Å². The number of hydrogen-bond donors (Lipinski definition) is 0. The predicted octanol–water partition coefficient (Wildman–Crippen LogP) is 1.80. The van der Waals surface area contributed by atoms with Gasteiger partial charge in [0.05, 0.1) is 19.6 Å². The highest BCUT2D eigenvalue weighted by molar-refractivity contribution is 7.07. The van der Waals surface area contributed by atoms with Crippen LogP contribution in [0.3, 0.4) is 0 Å². The lowest BCUT2D eigenvalue weighted by Crippen LogP contribution is -2.37. The van der Waals surface area contributed by atoms with E-state index >= 15 is 0 Å². The second kappa shape index (κ2) is 7.47. The standard InChI is InChI=1S/C16H19N3O2S/c20-16(8-13-2-6-22-11-13)19-4-5-21-10-14(9-19)7-15-1-3-17-12-18-15/h1-3,6,11-12,14H,4-5,7-10H2/t14-/m0/s1. The Bertz CT molecular complexity index is 589. The van der Waals surface area contributed by atoms with E-state index in [0.29, 0.717) is 26.2 Å². The number of thiophene rings is 1. The first-order valence-electron chi connectivity index (χ1n) is 7.43. The van der Waals surface area contributed by atoms with E-state index in [1.165, 1.54) is 0 Å². The summed E-state index contributed by atoms with van der Waals surface area (Å²) in [6.45, 7) is 2.68. The third-order valence-electron chi connectivity index (χ3n) is 3.77. The van der Waals surface area contributed by atoms with Crippen molar-refractivity contribution in [3.63, 3.8) is 0 Å². The van der Waals surface area contributed by atoms with E-state index in [9.17, 15) is 4.79 Å². The van der Waals surface area contributed by atoms with E-state index in [2.05, 4.69) is 9.97 Å². The van der Waals surface area contributed by atoms with Gasteiger partial charge in [-0.3, -0.25) is 4.79 Å². The molecule has 0 unspecified atom stereocenters. The van der Waals surface area contributed by atoms with Crippen molar-refractivity contribution in [3.05, 3.63) is 46.7 Å². The summed E-state index contributed by atoms with van der Waals surface area (Å²) in [5.74, 6) is 0.459. The van der Waals surface area contributed by atoms with Gasteiger partial charge in [-0.2, -0.15) is 11.3 Å². The normalized spacial score (nSPS) is 18.9. The Kier molecular flexibility index (Phi) is 5.13. The number of rotatable bonds is 4. The third-order valence-corrected chi connectivity index (χ3v) is 4.50. The van der Waals surface area contributed by atoms with Gasteiger partial charge in [0.1, 0.15) is 6.33 Å². The van der Waals surface area contributed by atoms with E-state index < -0.39 is 0 Å². The van der Waals surface area contributed by atoms with Crippen molar-refractivity contribution in [3.8, 4) is 0 Å². The lowest BCUT2D eigenvalue weighted by atomic mass is 10.0. The molecule has 1 aliphatic rings. The average molecular weight is 317 g/mol. The minimum absolute atomic E-state index is 0.177. The Morgan fingerprint density at radius 2 is 2.41 bits per heavy atom. The van der Waals surface area contributed by atoms with Gasteiger partial charge < -0.3 is 9.64 Å². The van der Waals surface area contributed by atoms with Crippen LogP contribution in [-0.2, 0) is 22.4 Å². The van der Waals surface area contributed by atoms with Crippen LogP contribution in [0.1, 0.15) is 11.3 Å². The number of aromatic nitrogens is 2. The van der Waals surface area contributed by atoms with Crippen LogP contribution < -0.4 is 0 Å². The van der Waals surface area contributed by atoms with Crippen molar-refractivity contribution in [1.29, 1.82) is 0 Å². The Balaban J connectivity index is 1.61. The molecule has 3 rings (SSSR count). The second-order valence-electron chi connectivity index (χ2n) is 5.49. The summed E-state index contributed by atoms with van der Waals surface area (Å²) < 4.78 is 5.66. The number of carbonyl (C=O) groups excluding carboxylic acids is 1. The zero-order chi connectivity index (χ0) is 15.2. The highest BCUT2D eigenvalue weighted by Crippen LogP contribution is 2.14. The molecule has 1 atom stereocenters. The second-order valence-corrected chi connectivity index (χ2v) is 6.27. The van der Waals surface area contributed by atoms with Gasteiger partial charge in [-0.25, -0.2) is 9.97 Å². The van der Waals surface area contributed by atoms with Crippen molar-refractivity contribution in [2.45, 2.75) is 12.8 Å². The van der Waals surface area contributed by atoms with E-state index in [-0.39, 0.29) is 11.8 Å². The van der Waals surface area contributed by atoms with Gasteiger partial charge in [0, 0.05) is 30.9 Å². The van der Waals surface area contributed by atoms with Gasteiger partial charge in [0.15, 0.2) is 0 Å². The zero-order valence-electron chi connectivity index (χ0n) is 12.4. The molecule has 1 aliphatic heterocycles. The molecule has 3 heterocycles. The first-order chi connectivity index (χ1) is 10.8. The Hall–Kier alpha value is -1.79. The fourth-order valence-electron chi connectivity index (χ4n) is 2.64. The largest absolute Gasteiger partial charge is 0.379 e. The number of hydrogen-bond acceptors (Lipinski definition) is 5. The molecule has 1 fully saturated rings. The van der Waals surface area contributed by atoms with Crippen LogP contribution in [-0.4, -0.2) is 47.1 Å². The molecule has 5 nitrogen and oxygen atoms in total. The quantitative estimate of drug-likeness (QED) is 0.863. The summed E-state index contributed by atoms with van der Waals surface area (Å²) in [4.78, 5) is 22.6. The van der Waals surface area contributed by atoms with Gasteiger partial charge in [-0.15, -0.1) is 0 Å². The lowest BCUT2D eigenvalue weighted by molar-refractivity contribution is -0.130. The smallest absolute Gasteiger partial charge is 0.227 e. The van der Waals surface area contributed by atoms with Crippen molar-refractivity contribution < 1.29 is 9.53 Å². The summed E-state index contributed by atoms with van der Waals surface area (Å²) in [6.07, 6.45) is 4.60. The van der Waals surface area contributed by atoms with Crippen LogP contribution in [0.5, 0.6) is 0 Å². The monoisotopic (exact) mass is 317 g/mol. The maximum absolute atomic E-state index is 12.5. The van der Waals surface area contributed by atoms with Crippen molar-refractivity contribution >= 4 is 17.2 Å². The van der Waals surface area contributed by atoms with Gasteiger partial charge in [0.2, 0.25) is 5.91 Å². The fraction of sp³-hybridized carbons (Fsp3) is 0.438. The van der Waals surface area contributed by atoms with E-state index in [1.54, 1.807) is 23.9 Å². The van der Waals surface area contributed by atoms with Gasteiger partial charge in [-0.05, 0) is 34.9 Å². The fourth-order valence-corrected chi connectivity index (χ4v) is 3.31. The van der Waals surface area contributed by atoms with E-state index in [0.717, 1.165) is 24.2 Å². The summed E-state index contributed by atoms with van der Waals surface area (Å²) in [5, 5.41) is 4.04. The number of amides is 1. The summed E-state index contributed by atoms with van der Waals surface area (Å²) in [6, 6.07) is 3.93. The molecule has 2 aromatic rings. The molecule has 22 heavy (non-hydrogen) atoms. The topological polar surface area (TPSA) is 55.3 Å². The molecule has 0 bridgehead atoms. The van der Waals surface area contributed by atoms with Crippen molar-refractivity contribution in [2.24, 2.45) is 5.92 Å². The molecule has 0 saturated carbocycles. The average Bonchev–Trinajstić information content (AvgIpc) is 2.93. The molecule has 116 valence electrons. The molecule has 0 spiro atoms. The first-order valence-corrected chi connectivity index (χ1v) is 8.37. The number of ether oxygens (including phenoxy) is 1. The van der Waals surface area contributed by atoms with Gasteiger partial charge in [0.25, 0.3) is 0 Å².